The number of hydrogen-bond acceptors (Lipinski definition) is 3. The van der Waals surface area contributed by atoms with Crippen LogP contribution in [0.4, 0.5) is 4.79 Å². The molecule has 0 atom stereocenters. The maximum atomic E-state index is 12.1. The highest BCUT2D eigenvalue weighted by molar-refractivity contribution is 5.67. The van der Waals surface area contributed by atoms with Crippen LogP contribution in [0.3, 0.4) is 0 Å². The average molecular weight is 294 g/mol. The van der Waals surface area contributed by atoms with Gasteiger partial charge >= 0.3 is 6.09 Å². The van der Waals surface area contributed by atoms with Crippen LogP contribution in [0.15, 0.2) is 23.1 Å². The number of amides is 1. The third kappa shape index (κ3) is 6.47. The molecule has 0 radical (unpaired) electrons. The van der Waals surface area contributed by atoms with Crippen molar-refractivity contribution in [3.05, 3.63) is 34.2 Å². The SMILES string of the molecule is CCCc1cccn(CCCNC(=O)OC(C)(C)C)c1=O. The van der Waals surface area contributed by atoms with Gasteiger partial charge in [-0.25, -0.2) is 4.79 Å². The predicted molar refractivity (Wildman–Crippen MR) is 83.6 cm³/mol. The van der Waals surface area contributed by atoms with Crippen LogP contribution >= 0.6 is 0 Å². The summed E-state index contributed by atoms with van der Waals surface area (Å²) >= 11 is 0. The summed E-state index contributed by atoms with van der Waals surface area (Å²) in [6, 6.07) is 3.77. The fraction of sp³-hybridized carbons (Fsp3) is 0.625. The lowest BCUT2D eigenvalue weighted by Crippen LogP contribution is -2.33. The van der Waals surface area contributed by atoms with Crippen molar-refractivity contribution < 1.29 is 9.53 Å². The number of carbonyl (C=O) groups is 1. The summed E-state index contributed by atoms with van der Waals surface area (Å²) < 4.78 is 6.84. The van der Waals surface area contributed by atoms with Crippen LogP contribution in [0.2, 0.25) is 0 Å². The van der Waals surface area contributed by atoms with E-state index < -0.39 is 11.7 Å². The lowest BCUT2D eigenvalue weighted by atomic mass is 10.1. The second-order valence-corrected chi connectivity index (χ2v) is 6.06. The van der Waals surface area contributed by atoms with Crippen molar-refractivity contribution in [3.8, 4) is 0 Å². The molecule has 1 rings (SSSR count). The van der Waals surface area contributed by atoms with Crippen molar-refractivity contribution in [1.82, 2.24) is 9.88 Å². The number of alkyl carbamates (subject to hydrolysis) is 1. The number of nitrogens with zero attached hydrogens (tertiary/aromatic N) is 1. The summed E-state index contributed by atoms with van der Waals surface area (Å²) in [7, 11) is 0. The van der Waals surface area contributed by atoms with Gasteiger partial charge in [0, 0.05) is 24.8 Å². The number of carbonyl (C=O) groups excluding carboxylic acids is 1. The van der Waals surface area contributed by atoms with E-state index in [1.54, 1.807) is 10.8 Å². The van der Waals surface area contributed by atoms with Crippen LogP contribution in [0.5, 0.6) is 0 Å². The lowest BCUT2D eigenvalue weighted by Gasteiger charge is -2.19. The third-order valence-corrected chi connectivity index (χ3v) is 2.86. The van der Waals surface area contributed by atoms with E-state index in [4.69, 9.17) is 4.74 Å². The van der Waals surface area contributed by atoms with Crippen molar-refractivity contribution >= 4 is 6.09 Å². The van der Waals surface area contributed by atoms with Crippen LogP contribution < -0.4 is 10.9 Å². The van der Waals surface area contributed by atoms with Crippen molar-refractivity contribution in [2.24, 2.45) is 0 Å². The molecule has 5 heteroatoms. The van der Waals surface area contributed by atoms with Gasteiger partial charge in [-0.1, -0.05) is 19.4 Å². The molecule has 5 nitrogen and oxygen atoms in total. The molecule has 118 valence electrons. The average Bonchev–Trinajstić information content (AvgIpc) is 2.37. The van der Waals surface area contributed by atoms with E-state index in [1.807, 2.05) is 32.9 Å². The van der Waals surface area contributed by atoms with E-state index in [0.29, 0.717) is 19.5 Å². The first-order valence-electron chi connectivity index (χ1n) is 7.48. The molecule has 1 aromatic rings. The molecule has 0 bridgehead atoms. The summed E-state index contributed by atoms with van der Waals surface area (Å²) in [5.41, 5.74) is 0.423. The minimum Gasteiger partial charge on any atom is -0.444 e. The highest BCUT2D eigenvalue weighted by Gasteiger charge is 2.15. The molecule has 0 aliphatic carbocycles. The Bertz CT molecular complexity index is 515. The quantitative estimate of drug-likeness (QED) is 0.821. The predicted octanol–water partition coefficient (Wildman–Crippen LogP) is 2.72. The van der Waals surface area contributed by atoms with E-state index in [2.05, 4.69) is 12.2 Å². The number of ether oxygens (including phenoxy) is 1. The number of aromatic nitrogens is 1. The normalized spacial score (nSPS) is 11.2. The molecule has 1 amide bonds. The van der Waals surface area contributed by atoms with Crippen LogP contribution in [0, 0.1) is 0 Å². The molecule has 0 aromatic carbocycles. The highest BCUT2D eigenvalue weighted by Crippen LogP contribution is 2.06. The first-order valence-corrected chi connectivity index (χ1v) is 7.48. The molecule has 21 heavy (non-hydrogen) atoms. The maximum absolute atomic E-state index is 12.1. The van der Waals surface area contributed by atoms with E-state index >= 15 is 0 Å². The number of nitrogens with one attached hydrogen (secondary N) is 1. The smallest absolute Gasteiger partial charge is 0.407 e. The highest BCUT2D eigenvalue weighted by atomic mass is 16.6. The van der Waals surface area contributed by atoms with E-state index in [1.165, 1.54) is 0 Å². The topological polar surface area (TPSA) is 60.3 Å². The summed E-state index contributed by atoms with van der Waals surface area (Å²) in [5, 5.41) is 2.69. The molecule has 1 N–H and O–H groups in total. The Labute approximate surface area is 126 Å². The van der Waals surface area contributed by atoms with Gasteiger partial charge in [-0.05, 0) is 39.7 Å². The molecule has 1 heterocycles. The van der Waals surface area contributed by atoms with Crippen molar-refractivity contribution in [2.45, 2.75) is 59.1 Å². The molecule has 0 saturated carbocycles. The number of pyridine rings is 1. The zero-order valence-corrected chi connectivity index (χ0v) is 13.4. The molecule has 0 aliphatic heterocycles. The minimum absolute atomic E-state index is 0.0663. The summed E-state index contributed by atoms with van der Waals surface area (Å²) in [5.74, 6) is 0. The fourth-order valence-electron chi connectivity index (χ4n) is 1.98. The fourth-order valence-corrected chi connectivity index (χ4v) is 1.98. The molecular weight excluding hydrogens is 268 g/mol. The van der Waals surface area contributed by atoms with E-state index in [9.17, 15) is 9.59 Å². The van der Waals surface area contributed by atoms with Crippen molar-refractivity contribution in [1.29, 1.82) is 0 Å². The maximum Gasteiger partial charge on any atom is 0.407 e. The summed E-state index contributed by atoms with van der Waals surface area (Å²) in [6.45, 7) is 8.61. The van der Waals surface area contributed by atoms with Gasteiger partial charge in [-0.15, -0.1) is 0 Å². The van der Waals surface area contributed by atoms with Gasteiger partial charge in [0.15, 0.2) is 0 Å². The molecule has 0 saturated heterocycles. The van der Waals surface area contributed by atoms with Crippen molar-refractivity contribution in [2.75, 3.05) is 6.54 Å². The van der Waals surface area contributed by atoms with Crippen LogP contribution in [0.1, 0.15) is 46.1 Å². The Morgan fingerprint density at radius 3 is 2.71 bits per heavy atom. The number of aryl methyl sites for hydroxylation is 2. The van der Waals surface area contributed by atoms with Gasteiger partial charge in [0.25, 0.3) is 5.56 Å². The Balaban J connectivity index is 2.41. The molecule has 0 unspecified atom stereocenters. The number of rotatable bonds is 6. The van der Waals surface area contributed by atoms with Crippen molar-refractivity contribution in [3.63, 3.8) is 0 Å². The molecule has 0 aliphatic rings. The van der Waals surface area contributed by atoms with E-state index in [0.717, 1.165) is 18.4 Å². The summed E-state index contributed by atoms with van der Waals surface area (Å²) in [6.07, 6.45) is 3.81. The van der Waals surface area contributed by atoms with Gasteiger partial charge in [0.1, 0.15) is 5.60 Å². The minimum atomic E-state index is -0.491. The lowest BCUT2D eigenvalue weighted by molar-refractivity contribution is 0.0526. The first kappa shape index (κ1) is 17.3. The molecule has 0 spiro atoms. The second kappa shape index (κ2) is 7.86. The Kier molecular flexibility index (Phi) is 6.46. The van der Waals surface area contributed by atoms with Gasteiger partial charge in [-0.2, -0.15) is 0 Å². The number of hydrogen-bond donors (Lipinski definition) is 1. The molecule has 0 fully saturated rings. The monoisotopic (exact) mass is 294 g/mol. The zero-order valence-electron chi connectivity index (χ0n) is 13.4. The Hall–Kier alpha value is -1.78. The Morgan fingerprint density at radius 1 is 1.38 bits per heavy atom. The largest absolute Gasteiger partial charge is 0.444 e. The van der Waals surface area contributed by atoms with Crippen LogP contribution in [-0.4, -0.2) is 22.8 Å². The summed E-state index contributed by atoms with van der Waals surface area (Å²) in [4.78, 5) is 23.6. The molecule has 1 aromatic heterocycles. The van der Waals surface area contributed by atoms with Gasteiger partial charge < -0.3 is 14.6 Å². The van der Waals surface area contributed by atoms with Gasteiger partial charge in [-0.3, -0.25) is 4.79 Å². The standard InChI is InChI=1S/C16H26N2O3/c1-5-8-13-9-6-11-18(14(13)19)12-7-10-17-15(20)21-16(2,3)4/h6,9,11H,5,7-8,10,12H2,1-4H3,(H,17,20). The third-order valence-electron chi connectivity index (χ3n) is 2.86. The van der Waals surface area contributed by atoms with Gasteiger partial charge in [0.2, 0.25) is 0 Å². The van der Waals surface area contributed by atoms with Crippen LogP contribution in [0.25, 0.3) is 0 Å². The molecular formula is C16H26N2O3. The first-order chi connectivity index (χ1) is 9.83. The van der Waals surface area contributed by atoms with Crippen LogP contribution in [-0.2, 0) is 17.7 Å². The second-order valence-electron chi connectivity index (χ2n) is 6.06. The van der Waals surface area contributed by atoms with E-state index in [-0.39, 0.29) is 5.56 Å². The zero-order chi connectivity index (χ0) is 15.9. The Morgan fingerprint density at radius 2 is 2.10 bits per heavy atom. The van der Waals surface area contributed by atoms with Gasteiger partial charge in [0.05, 0.1) is 0 Å².